The first-order valence-electron chi connectivity index (χ1n) is 11.0. The molecule has 1 fully saturated rings. The molecule has 2 aromatic carbocycles. The molecule has 2 amide bonds. The van der Waals surface area contributed by atoms with Crippen LogP contribution in [0.15, 0.2) is 57.9 Å². The third kappa shape index (κ3) is 6.34. The van der Waals surface area contributed by atoms with Gasteiger partial charge in [0.1, 0.15) is 18.2 Å². The molecule has 1 saturated heterocycles. The van der Waals surface area contributed by atoms with Crippen LogP contribution in [0.1, 0.15) is 34.4 Å². The Morgan fingerprint density at radius 3 is 2.70 bits per heavy atom. The van der Waals surface area contributed by atoms with Crippen molar-refractivity contribution < 1.29 is 37.4 Å². The first-order valence-corrected chi connectivity index (χ1v) is 12.9. The van der Waals surface area contributed by atoms with Crippen molar-refractivity contribution >= 4 is 57.5 Å². The number of halogens is 2. The summed E-state index contributed by atoms with van der Waals surface area (Å²) in [6, 6.07) is 12.6. The highest BCUT2D eigenvalue weighted by Crippen LogP contribution is 2.38. The van der Waals surface area contributed by atoms with Crippen molar-refractivity contribution in [2.75, 3.05) is 13.7 Å². The van der Waals surface area contributed by atoms with E-state index in [0.29, 0.717) is 29.2 Å². The number of carbonyl (C=O) groups is 3. The van der Waals surface area contributed by atoms with E-state index >= 15 is 0 Å². The lowest BCUT2D eigenvalue weighted by atomic mass is 10.1. The lowest BCUT2D eigenvalue weighted by Gasteiger charge is -2.15. The summed E-state index contributed by atoms with van der Waals surface area (Å²) in [5, 5.41) is -0.456. The van der Waals surface area contributed by atoms with Crippen LogP contribution >= 0.6 is 34.4 Å². The SMILES string of the molecule is CCOc1cc(/C=C2/SC(=O)N(Cc3ccc(C(=O)OC)o3)C2=O)cc(I)c1OCc1cccc(F)c1. The van der Waals surface area contributed by atoms with Gasteiger partial charge in [0.25, 0.3) is 11.1 Å². The van der Waals surface area contributed by atoms with Crippen LogP contribution in [0, 0.1) is 9.39 Å². The van der Waals surface area contributed by atoms with Gasteiger partial charge in [0.15, 0.2) is 11.5 Å². The van der Waals surface area contributed by atoms with E-state index in [2.05, 4.69) is 27.3 Å². The standard InChI is InChI=1S/C26H21FINO7S/c1-3-34-21-11-16(10-19(28)23(21)35-14-15-5-4-6-17(27)9-15)12-22-24(30)29(26(32)37-22)13-18-7-8-20(36-18)25(31)33-2/h4-12H,3,13-14H2,1-2H3/b22-12+. The number of methoxy groups -OCH3 is 1. The van der Waals surface area contributed by atoms with Gasteiger partial charge < -0.3 is 18.6 Å². The van der Waals surface area contributed by atoms with E-state index in [4.69, 9.17) is 13.9 Å². The maximum absolute atomic E-state index is 13.5. The van der Waals surface area contributed by atoms with Crippen LogP contribution in [-0.2, 0) is 22.7 Å². The summed E-state index contributed by atoms with van der Waals surface area (Å²) in [5.41, 5.74) is 1.31. The Morgan fingerprint density at radius 2 is 1.97 bits per heavy atom. The van der Waals surface area contributed by atoms with Gasteiger partial charge in [-0.1, -0.05) is 12.1 Å². The molecule has 2 heterocycles. The number of rotatable bonds is 9. The number of ether oxygens (including phenoxy) is 3. The number of nitrogens with zero attached hydrogens (tertiary/aromatic N) is 1. The summed E-state index contributed by atoms with van der Waals surface area (Å²) in [4.78, 5) is 38.4. The number of thioether (sulfide) groups is 1. The normalized spacial score (nSPS) is 14.4. The lowest BCUT2D eigenvalue weighted by molar-refractivity contribution is -0.123. The number of esters is 1. The van der Waals surface area contributed by atoms with E-state index in [1.807, 2.05) is 6.92 Å². The molecule has 1 aliphatic rings. The van der Waals surface area contributed by atoms with Crippen molar-refractivity contribution in [3.05, 3.63) is 85.5 Å². The van der Waals surface area contributed by atoms with Gasteiger partial charge in [-0.3, -0.25) is 14.5 Å². The van der Waals surface area contributed by atoms with Crippen LogP contribution in [0.5, 0.6) is 11.5 Å². The van der Waals surface area contributed by atoms with Gasteiger partial charge in [-0.05, 0) is 94.9 Å². The Morgan fingerprint density at radius 1 is 1.16 bits per heavy atom. The predicted molar refractivity (Wildman–Crippen MR) is 143 cm³/mol. The van der Waals surface area contributed by atoms with Crippen molar-refractivity contribution in [1.82, 2.24) is 4.90 Å². The summed E-state index contributed by atoms with van der Waals surface area (Å²) >= 11 is 2.91. The summed E-state index contributed by atoms with van der Waals surface area (Å²) < 4.78 is 35.9. The maximum atomic E-state index is 13.5. The molecule has 0 bridgehead atoms. The zero-order valence-electron chi connectivity index (χ0n) is 19.8. The second-order valence-electron chi connectivity index (χ2n) is 7.71. The highest BCUT2D eigenvalue weighted by molar-refractivity contribution is 14.1. The number of furan rings is 1. The highest BCUT2D eigenvalue weighted by atomic mass is 127. The van der Waals surface area contributed by atoms with Crippen LogP contribution in [0.3, 0.4) is 0 Å². The van der Waals surface area contributed by atoms with Crippen LogP contribution < -0.4 is 9.47 Å². The highest BCUT2D eigenvalue weighted by Gasteiger charge is 2.36. The smallest absolute Gasteiger partial charge is 0.373 e. The number of carbonyl (C=O) groups excluding carboxylic acids is 3. The summed E-state index contributed by atoms with van der Waals surface area (Å²) in [7, 11) is 1.23. The monoisotopic (exact) mass is 637 g/mol. The summed E-state index contributed by atoms with van der Waals surface area (Å²) in [6.45, 7) is 2.24. The van der Waals surface area contributed by atoms with Gasteiger partial charge in [-0.15, -0.1) is 0 Å². The number of hydrogen-bond acceptors (Lipinski definition) is 8. The molecule has 4 rings (SSSR count). The number of imide groups is 1. The fourth-order valence-electron chi connectivity index (χ4n) is 3.47. The van der Waals surface area contributed by atoms with Gasteiger partial charge in [0, 0.05) is 0 Å². The summed E-state index contributed by atoms with van der Waals surface area (Å²) in [6.07, 6.45) is 1.61. The molecule has 3 aromatic rings. The second-order valence-corrected chi connectivity index (χ2v) is 9.86. The molecule has 1 aliphatic heterocycles. The van der Waals surface area contributed by atoms with Crippen LogP contribution in [0.25, 0.3) is 6.08 Å². The average Bonchev–Trinajstić information content (AvgIpc) is 3.44. The summed E-state index contributed by atoms with van der Waals surface area (Å²) in [5.74, 6) is -0.261. The molecule has 0 aliphatic carbocycles. The Hall–Kier alpha value is -3.32. The van der Waals surface area contributed by atoms with Crippen LogP contribution in [0.2, 0.25) is 0 Å². The minimum Gasteiger partial charge on any atom is -0.490 e. The molecule has 1 aromatic heterocycles. The Labute approximate surface area is 229 Å². The Kier molecular flexibility index (Phi) is 8.54. The third-order valence-corrected chi connectivity index (χ3v) is 6.85. The first kappa shape index (κ1) is 26.7. The molecule has 0 spiro atoms. The molecule has 0 N–H and O–H groups in total. The van der Waals surface area contributed by atoms with Gasteiger partial charge >= 0.3 is 5.97 Å². The largest absolute Gasteiger partial charge is 0.490 e. The Balaban J connectivity index is 1.53. The predicted octanol–water partition coefficient (Wildman–Crippen LogP) is 6.02. The molecule has 0 radical (unpaired) electrons. The number of hydrogen-bond donors (Lipinski definition) is 0. The minimum atomic E-state index is -0.650. The minimum absolute atomic E-state index is 0.0160. The van der Waals surface area contributed by atoms with Crippen molar-refractivity contribution in [1.29, 1.82) is 0 Å². The fourth-order valence-corrected chi connectivity index (χ4v) is 5.09. The molecule has 0 atom stereocenters. The molecule has 0 saturated carbocycles. The Bertz CT molecular complexity index is 1390. The molecule has 11 heteroatoms. The second kappa shape index (κ2) is 11.8. The van der Waals surface area contributed by atoms with E-state index in [0.717, 1.165) is 20.2 Å². The molecular weight excluding hydrogens is 616 g/mol. The first-order chi connectivity index (χ1) is 17.8. The third-order valence-electron chi connectivity index (χ3n) is 5.14. The lowest BCUT2D eigenvalue weighted by Crippen LogP contribution is -2.27. The topological polar surface area (TPSA) is 95.3 Å². The van der Waals surface area contributed by atoms with Gasteiger partial charge in [0.05, 0.1) is 28.7 Å². The van der Waals surface area contributed by atoms with Gasteiger partial charge in [0.2, 0.25) is 5.76 Å². The van der Waals surface area contributed by atoms with Gasteiger partial charge in [-0.25, -0.2) is 9.18 Å². The van der Waals surface area contributed by atoms with E-state index in [-0.39, 0.29) is 35.4 Å². The van der Waals surface area contributed by atoms with Gasteiger partial charge in [-0.2, -0.15) is 0 Å². The van der Waals surface area contributed by atoms with Crippen molar-refractivity contribution in [2.45, 2.75) is 20.1 Å². The molecule has 0 unspecified atom stereocenters. The molecule has 8 nitrogen and oxygen atoms in total. The quantitative estimate of drug-likeness (QED) is 0.160. The molecule has 37 heavy (non-hydrogen) atoms. The molecule has 192 valence electrons. The zero-order chi connectivity index (χ0) is 26.5. The van der Waals surface area contributed by atoms with E-state index in [1.54, 1.807) is 30.3 Å². The zero-order valence-corrected chi connectivity index (χ0v) is 22.8. The van der Waals surface area contributed by atoms with Crippen molar-refractivity contribution in [3.63, 3.8) is 0 Å². The maximum Gasteiger partial charge on any atom is 0.373 e. The number of benzene rings is 2. The van der Waals surface area contributed by atoms with Crippen molar-refractivity contribution in [3.8, 4) is 11.5 Å². The van der Waals surface area contributed by atoms with Crippen LogP contribution in [0.4, 0.5) is 9.18 Å². The molecular formula is C26H21FINO7S. The van der Waals surface area contributed by atoms with Crippen molar-refractivity contribution in [2.24, 2.45) is 0 Å². The van der Waals surface area contributed by atoms with E-state index in [9.17, 15) is 18.8 Å². The average molecular weight is 637 g/mol. The van der Waals surface area contributed by atoms with E-state index in [1.165, 1.54) is 31.4 Å². The van der Waals surface area contributed by atoms with E-state index < -0.39 is 17.1 Å². The number of amides is 2. The van der Waals surface area contributed by atoms with Crippen LogP contribution in [-0.4, -0.2) is 35.7 Å². The fraction of sp³-hybridized carbons (Fsp3) is 0.192.